The monoisotopic (exact) mass is 304 g/mol. The van der Waals surface area contributed by atoms with Crippen LogP contribution >= 0.6 is 0 Å². The molecule has 3 nitrogen and oxygen atoms in total. The van der Waals surface area contributed by atoms with Crippen molar-refractivity contribution in [1.29, 1.82) is 0 Å². The van der Waals surface area contributed by atoms with Crippen LogP contribution in [-0.4, -0.2) is 47.9 Å². The summed E-state index contributed by atoms with van der Waals surface area (Å²) in [6.07, 6.45) is 3.62. The predicted molar refractivity (Wildman–Crippen MR) is 85.1 cm³/mol. The zero-order valence-electron chi connectivity index (χ0n) is 13.3. The van der Waals surface area contributed by atoms with Crippen LogP contribution in [0.3, 0.4) is 0 Å². The first-order valence-corrected chi connectivity index (χ1v) is 8.40. The minimum atomic E-state index is -0.210. The first-order valence-electron chi connectivity index (χ1n) is 8.40. The van der Waals surface area contributed by atoms with Gasteiger partial charge in [-0.1, -0.05) is 18.2 Å². The molecule has 3 rings (SSSR count). The molecular weight excluding hydrogens is 279 g/mol. The minimum absolute atomic E-state index is 0.155. The number of halogens is 1. The van der Waals surface area contributed by atoms with Crippen molar-refractivity contribution in [2.75, 3.05) is 26.2 Å². The van der Waals surface area contributed by atoms with E-state index in [9.17, 15) is 9.18 Å². The summed E-state index contributed by atoms with van der Waals surface area (Å²) in [5.41, 5.74) is 0.636. The van der Waals surface area contributed by atoms with Gasteiger partial charge in [-0.15, -0.1) is 0 Å². The molecule has 1 aromatic rings. The maximum absolute atomic E-state index is 13.6. The summed E-state index contributed by atoms with van der Waals surface area (Å²) in [4.78, 5) is 16.7. The molecule has 2 aliphatic rings. The van der Waals surface area contributed by atoms with E-state index in [1.54, 1.807) is 12.1 Å². The normalized spacial score (nSPS) is 20.9. The van der Waals surface area contributed by atoms with Crippen LogP contribution < -0.4 is 0 Å². The van der Waals surface area contributed by atoms with Gasteiger partial charge < -0.3 is 4.90 Å². The summed E-state index contributed by atoms with van der Waals surface area (Å²) in [6.45, 7) is 5.89. The molecule has 1 atom stereocenters. The van der Waals surface area contributed by atoms with Gasteiger partial charge in [-0.25, -0.2) is 4.39 Å². The van der Waals surface area contributed by atoms with Gasteiger partial charge in [0.1, 0.15) is 5.82 Å². The third-order valence-electron chi connectivity index (χ3n) is 5.11. The smallest absolute Gasteiger partial charge is 0.222 e. The standard InChI is InChI=1S/C18H25FN2O/c1-14(15-6-7-15)20-10-12-21(13-11-20)18(22)9-8-16-4-2-3-5-17(16)19/h2-5,14-15H,6-13H2,1H3. The zero-order valence-corrected chi connectivity index (χ0v) is 13.3. The van der Waals surface area contributed by atoms with Crippen molar-refractivity contribution in [3.63, 3.8) is 0 Å². The van der Waals surface area contributed by atoms with Gasteiger partial charge in [-0.05, 0) is 43.7 Å². The highest BCUT2D eigenvalue weighted by Crippen LogP contribution is 2.35. The van der Waals surface area contributed by atoms with E-state index in [0.717, 1.165) is 32.1 Å². The quantitative estimate of drug-likeness (QED) is 0.835. The number of carbonyl (C=O) groups excluding carboxylic acids is 1. The van der Waals surface area contributed by atoms with Crippen LogP contribution in [-0.2, 0) is 11.2 Å². The lowest BCUT2D eigenvalue weighted by atomic mass is 10.1. The number of piperazine rings is 1. The number of carbonyl (C=O) groups is 1. The summed E-state index contributed by atoms with van der Waals surface area (Å²) >= 11 is 0. The van der Waals surface area contributed by atoms with Gasteiger partial charge in [0.2, 0.25) is 5.91 Å². The second-order valence-electron chi connectivity index (χ2n) is 6.59. The van der Waals surface area contributed by atoms with Crippen molar-refractivity contribution in [2.45, 2.75) is 38.6 Å². The lowest BCUT2D eigenvalue weighted by Gasteiger charge is -2.38. The lowest BCUT2D eigenvalue weighted by Crippen LogP contribution is -2.51. The summed E-state index contributed by atoms with van der Waals surface area (Å²) in [6, 6.07) is 7.38. The molecule has 1 aromatic carbocycles. The molecule has 0 bridgehead atoms. The molecule has 1 unspecified atom stereocenters. The Morgan fingerprint density at radius 1 is 1.23 bits per heavy atom. The molecule has 1 aliphatic carbocycles. The Balaban J connectivity index is 1.44. The Kier molecular flexibility index (Phi) is 4.77. The van der Waals surface area contributed by atoms with Crippen LogP contribution in [0.5, 0.6) is 0 Å². The summed E-state index contributed by atoms with van der Waals surface area (Å²) < 4.78 is 13.6. The molecule has 2 fully saturated rings. The Labute approximate surface area is 132 Å². The molecule has 0 radical (unpaired) electrons. The zero-order chi connectivity index (χ0) is 15.5. The summed E-state index contributed by atoms with van der Waals surface area (Å²) in [5, 5.41) is 0. The fraction of sp³-hybridized carbons (Fsp3) is 0.611. The van der Waals surface area contributed by atoms with Gasteiger partial charge in [-0.3, -0.25) is 9.69 Å². The van der Waals surface area contributed by atoms with Gasteiger partial charge in [0.15, 0.2) is 0 Å². The van der Waals surface area contributed by atoms with Gasteiger partial charge in [0.25, 0.3) is 0 Å². The molecule has 1 saturated carbocycles. The fourth-order valence-electron chi connectivity index (χ4n) is 3.36. The van der Waals surface area contributed by atoms with Gasteiger partial charge in [0.05, 0.1) is 0 Å². The van der Waals surface area contributed by atoms with Gasteiger partial charge in [-0.2, -0.15) is 0 Å². The van der Waals surface area contributed by atoms with Gasteiger partial charge in [0, 0.05) is 38.6 Å². The number of nitrogens with zero attached hydrogens (tertiary/aromatic N) is 2. The number of amides is 1. The maximum atomic E-state index is 13.6. The molecule has 1 saturated heterocycles. The van der Waals surface area contributed by atoms with Crippen molar-refractivity contribution < 1.29 is 9.18 Å². The van der Waals surface area contributed by atoms with Crippen LogP contribution in [0.4, 0.5) is 4.39 Å². The Hall–Kier alpha value is -1.42. The molecule has 1 amide bonds. The first kappa shape index (κ1) is 15.5. The number of aryl methyl sites for hydroxylation is 1. The summed E-state index contributed by atoms with van der Waals surface area (Å²) in [5.74, 6) is 0.823. The summed E-state index contributed by atoms with van der Waals surface area (Å²) in [7, 11) is 0. The molecular formula is C18H25FN2O. The molecule has 22 heavy (non-hydrogen) atoms. The van der Waals surface area contributed by atoms with Crippen molar-refractivity contribution in [3.8, 4) is 0 Å². The van der Waals surface area contributed by atoms with E-state index >= 15 is 0 Å². The van der Waals surface area contributed by atoms with E-state index < -0.39 is 0 Å². The van der Waals surface area contributed by atoms with E-state index in [1.165, 1.54) is 18.9 Å². The minimum Gasteiger partial charge on any atom is -0.340 e. The highest BCUT2D eigenvalue weighted by atomic mass is 19.1. The molecule has 0 spiro atoms. The highest BCUT2D eigenvalue weighted by Gasteiger charge is 2.33. The molecule has 0 N–H and O–H groups in total. The van der Waals surface area contributed by atoms with E-state index in [-0.39, 0.29) is 11.7 Å². The molecule has 1 aliphatic heterocycles. The Morgan fingerprint density at radius 2 is 1.91 bits per heavy atom. The fourth-order valence-corrected chi connectivity index (χ4v) is 3.36. The first-order chi connectivity index (χ1) is 10.6. The van der Waals surface area contributed by atoms with Crippen LogP contribution in [0.15, 0.2) is 24.3 Å². The number of benzene rings is 1. The van der Waals surface area contributed by atoms with Crippen molar-refractivity contribution in [2.24, 2.45) is 5.92 Å². The van der Waals surface area contributed by atoms with E-state index in [2.05, 4.69) is 11.8 Å². The second kappa shape index (κ2) is 6.78. The second-order valence-corrected chi connectivity index (χ2v) is 6.59. The van der Waals surface area contributed by atoms with Crippen molar-refractivity contribution >= 4 is 5.91 Å². The van der Waals surface area contributed by atoms with Crippen LogP contribution in [0.2, 0.25) is 0 Å². The Morgan fingerprint density at radius 3 is 2.55 bits per heavy atom. The Bertz CT molecular complexity index is 522. The van der Waals surface area contributed by atoms with Crippen LogP contribution in [0.1, 0.15) is 31.7 Å². The van der Waals surface area contributed by atoms with E-state index in [0.29, 0.717) is 24.4 Å². The van der Waals surface area contributed by atoms with E-state index in [4.69, 9.17) is 0 Å². The van der Waals surface area contributed by atoms with Gasteiger partial charge >= 0.3 is 0 Å². The highest BCUT2D eigenvalue weighted by molar-refractivity contribution is 5.76. The van der Waals surface area contributed by atoms with Crippen LogP contribution in [0, 0.1) is 11.7 Å². The van der Waals surface area contributed by atoms with Crippen LogP contribution in [0.25, 0.3) is 0 Å². The predicted octanol–water partition coefficient (Wildman–Crippen LogP) is 2.70. The van der Waals surface area contributed by atoms with Crippen molar-refractivity contribution in [1.82, 2.24) is 9.80 Å². The number of hydrogen-bond donors (Lipinski definition) is 0. The number of rotatable bonds is 5. The SMILES string of the molecule is CC(C1CC1)N1CCN(C(=O)CCc2ccccc2F)CC1. The van der Waals surface area contributed by atoms with Crippen molar-refractivity contribution in [3.05, 3.63) is 35.6 Å². The molecule has 120 valence electrons. The average Bonchev–Trinajstić information content (AvgIpc) is 3.38. The average molecular weight is 304 g/mol. The van der Waals surface area contributed by atoms with E-state index in [1.807, 2.05) is 11.0 Å². The molecule has 0 aromatic heterocycles. The topological polar surface area (TPSA) is 23.6 Å². The maximum Gasteiger partial charge on any atom is 0.222 e. The third-order valence-corrected chi connectivity index (χ3v) is 5.11. The number of hydrogen-bond acceptors (Lipinski definition) is 2. The third kappa shape index (κ3) is 3.67. The largest absolute Gasteiger partial charge is 0.340 e. The molecule has 4 heteroatoms. The molecule has 1 heterocycles. The lowest BCUT2D eigenvalue weighted by molar-refractivity contribution is -0.133.